The molecule has 0 radical (unpaired) electrons. The molecule has 0 fully saturated rings. The molecule has 0 N–H and O–H groups in total. The van der Waals surface area contributed by atoms with Crippen molar-refractivity contribution in [2.75, 3.05) is 0 Å². The Morgan fingerprint density at radius 1 is 1.58 bits per heavy atom. The van der Waals surface area contributed by atoms with Gasteiger partial charge in [0.1, 0.15) is 6.26 Å². The summed E-state index contributed by atoms with van der Waals surface area (Å²) in [4.78, 5) is 14.6. The second-order valence-corrected chi connectivity index (χ2v) is 1.92. The van der Waals surface area contributed by atoms with E-state index >= 15 is 0 Å². The predicted molar refractivity (Wildman–Crippen MR) is 36.4 cm³/mol. The van der Waals surface area contributed by atoms with E-state index in [2.05, 4.69) is 9.99 Å². The van der Waals surface area contributed by atoms with Crippen molar-refractivity contribution in [1.82, 2.24) is 0 Å². The number of rotatable bonds is 2. The maximum absolute atomic E-state index is 10.1. The van der Waals surface area contributed by atoms with E-state index in [1.807, 2.05) is 0 Å². The monoisotopic (exact) mass is 175 g/mol. The van der Waals surface area contributed by atoms with Crippen molar-refractivity contribution in [2.24, 2.45) is 5.16 Å². The normalized spacial score (nSPS) is 13.8. The molecule has 0 saturated carbocycles. The van der Waals surface area contributed by atoms with Gasteiger partial charge in [-0.15, -0.1) is 0 Å². The molecule has 0 aromatic heterocycles. The van der Waals surface area contributed by atoms with Crippen LogP contribution in [0.25, 0.3) is 0 Å². The topological polar surface area (TPSA) is 61.7 Å². The van der Waals surface area contributed by atoms with Crippen LogP contribution in [-0.2, 0) is 9.63 Å². The summed E-state index contributed by atoms with van der Waals surface area (Å²) in [5, 5.41) is 13.6. The van der Waals surface area contributed by atoms with E-state index in [-0.39, 0.29) is 36.0 Å². The number of carboxylic acid groups (broad SMARTS) is 1. The van der Waals surface area contributed by atoms with E-state index in [1.54, 1.807) is 18.2 Å². The van der Waals surface area contributed by atoms with Gasteiger partial charge in [-0.05, 0) is 12.2 Å². The minimum atomic E-state index is -1.17. The largest absolute Gasteiger partial charge is 1.00 e. The van der Waals surface area contributed by atoms with Crippen molar-refractivity contribution >= 4 is 11.7 Å². The Balaban J connectivity index is 0.00000121. The third-order valence-corrected chi connectivity index (χ3v) is 1.03. The summed E-state index contributed by atoms with van der Waals surface area (Å²) in [6.45, 7) is 0. The number of allylic oxidation sites excluding steroid dienone is 3. The summed E-state index contributed by atoms with van der Waals surface area (Å²) in [6, 6.07) is 0. The molecule has 1 rings (SSSR count). The standard InChI is InChI=1S/C7H7NO3.Na/c9-7(10)5-6-3-1-2-4-11-8-6;/h1-4H,5H2,(H,9,10);/q;+1/p-1. The van der Waals surface area contributed by atoms with Crippen molar-refractivity contribution in [1.29, 1.82) is 0 Å². The van der Waals surface area contributed by atoms with E-state index in [1.165, 1.54) is 6.26 Å². The van der Waals surface area contributed by atoms with Gasteiger partial charge in [0, 0.05) is 12.4 Å². The molecule has 4 nitrogen and oxygen atoms in total. The summed E-state index contributed by atoms with van der Waals surface area (Å²) in [7, 11) is 0. The number of hydrogen-bond donors (Lipinski definition) is 0. The first-order valence-corrected chi connectivity index (χ1v) is 3.05. The van der Waals surface area contributed by atoms with Crippen LogP contribution in [0.15, 0.2) is 29.6 Å². The van der Waals surface area contributed by atoms with Crippen molar-refractivity contribution in [3.05, 3.63) is 24.5 Å². The van der Waals surface area contributed by atoms with Gasteiger partial charge in [-0.2, -0.15) is 0 Å². The molecular weight excluding hydrogens is 169 g/mol. The number of carbonyl (C=O) groups excluding carboxylic acids is 1. The van der Waals surface area contributed by atoms with Gasteiger partial charge in [-0.1, -0.05) is 11.2 Å². The Hall–Kier alpha value is -0.580. The second kappa shape index (κ2) is 5.99. The van der Waals surface area contributed by atoms with Gasteiger partial charge in [-0.25, -0.2) is 0 Å². The molecule has 0 spiro atoms. The van der Waals surface area contributed by atoms with E-state index in [9.17, 15) is 9.90 Å². The SMILES string of the molecule is O=C([O-])CC1=NOC=CC=C1.[Na+]. The summed E-state index contributed by atoms with van der Waals surface area (Å²) < 4.78 is 0. The number of carbonyl (C=O) groups is 1. The van der Waals surface area contributed by atoms with Crippen LogP contribution in [-0.4, -0.2) is 11.7 Å². The Bertz CT molecular complexity index is 245. The molecule has 0 amide bonds. The van der Waals surface area contributed by atoms with E-state index in [4.69, 9.17) is 0 Å². The third-order valence-electron chi connectivity index (χ3n) is 1.03. The maximum atomic E-state index is 10.1. The van der Waals surface area contributed by atoms with Crippen LogP contribution in [0.4, 0.5) is 0 Å². The van der Waals surface area contributed by atoms with Gasteiger partial charge >= 0.3 is 29.6 Å². The van der Waals surface area contributed by atoms with Crippen LogP contribution in [0.3, 0.4) is 0 Å². The van der Waals surface area contributed by atoms with Crippen molar-refractivity contribution in [2.45, 2.75) is 6.42 Å². The first-order chi connectivity index (χ1) is 5.29. The predicted octanol–water partition coefficient (Wildman–Crippen LogP) is -3.41. The minimum Gasteiger partial charge on any atom is -0.550 e. The van der Waals surface area contributed by atoms with Crippen LogP contribution < -0.4 is 34.7 Å². The Morgan fingerprint density at radius 2 is 2.33 bits per heavy atom. The molecule has 0 atom stereocenters. The molecule has 0 aromatic rings. The molecule has 12 heavy (non-hydrogen) atoms. The Kier molecular flexibility index (Phi) is 5.70. The smallest absolute Gasteiger partial charge is 0.550 e. The zero-order chi connectivity index (χ0) is 8.10. The average Bonchev–Trinajstić information content (AvgIpc) is 2.14. The number of hydrogen-bond acceptors (Lipinski definition) is 4. The molecule has 0 saturated heterocycles. The molecule has 0 aromatic carbocycles. The van der Waals surface area contributed by atoms with Crippen LogP contribution in [0, 0.1) is 0 Å². The van der Waals surface area contributed by atoms with Gasteiger partial charge in [0.25, 0.3) is 0 Å². The van der Waals surface area contributed by atoms with Crippen molar-refractivity contribution < 1.29 is 44.3 Å². The van der Waals surface area contributed by atoms with Gasteiger partial charge in [0.15, 0.2) is 0 Å². The Labute approximate surface area is 91.9 Å². The molecule has 0 aliphatic carbocycles. The second-order valence-electron chi connectivity index (χ2n) is 1.92. The minimum absolute atomic E-state index is 0. The molecule has 58 valence electrons. The summed E-state index contributed by atoms with van der Waals surface area (Å²) in [5.41, 5.74) is 0.343. The fourth-order valence-corrected chi connectivity index (χ4v) is 0.615. The van der Waals surface area contributed by atoms with E-state index in [0.717, 1.165) is 0 Å². The summed E-state index contributed by atoms with van der Waals surface area (Å²) >= 11 is 0. The summed E-state index contributed by atoms with van der Waals surface area (Å²) in [5.74, 6) is -1.17. The first kappa shape index (κ1) is 11.4. The Morgan fingerprint density at radius 3 is 3.00 bits per heavy atom. The molecule has 1 heterocycles. The third kappa shape index (κ3) is 4.33. The molecule has 1 aliphatic rings. The quantitative estimate of drug-likeness (QED) is 0.411. The first-order valence-electron chi connectivity index (χ1n) is 3.05. The van der Waals surface area contributed by atoms with Gasteiger partial charge in [0.2, 0.25) is 0 Å². The van der Waals surface area contributed by atoms with Crippen molar-refractivity contribution in [3.8, 4) is 0 Å². The number of oxime groups is 1. The van der Waals surface area contributed by atoms with Crippen LogP contribution in [0.1, 0.15) is 6.42 Å². The van der Waals surface area contributed by atoms with Crippen LogP contribution in [0.5, 0.6) is 0 Å². The molecule has 0 bridgehead atoms. The zero-order valence-corrected chi connectivity index (χ0v) is 8.69. The van der Waals surface area contributed by atoms with Gasteiger partial charge < -0.3 is 14.7 Å². The molecule has 1 aliphatic heterocycles. The number of carboxylic acids is 1. The van der Waals surface area contributed by atoms with Gasteiger partial charge in [0.05, 0.1) is 5.71 Å². The molecule has 5 heteroatoms. The van der Waals surface area contributed by atoms with E-state index in [0.29, 0.717) is 5.71 Å². The van der Waals surface area contributed by atoms with Crippen LogP contribution in [0.2, 0.25) is 0 Å². The zero-order valence-electron chi connectivity index (χ0n) is 6.69. The van der Waals surface area contributed by atoms with Gasteiger partial charge in [-0.3, -0.25) is 0 Å². The average molecular weight is 175 g/mol. The molecular formula is C7H6NNaO3. The van der Waals surface area contributed by atoms with Crippen molar-refractivity contribution in [3.63, 3.8) is 0 Å². The summed E-state index contributed by atoms with van der Waals surface area (Å²) in [6.07, 6.45) is 5.96. The number of aliphatic carboxylic acids is 1. The molecule has 0 unspecified atom stereocenters. The fraction of sp³-hybridized carbons (Fsp3) is 0.143. The van der Waals surface area contributed by atoms with E-state index < -0.39 is 5.97 Å². The van der Waals surface area contributed by atoms with Crippen LogP contribution >= 0.6 is 0 Å². The maximum Gasteiger partial charge on any atom is 1.00 e. The number of nitrogens with zero attached hydrogens (tertiary/aromatic N) is 1. The fourth-order valence-electron chi connectivity index (χ4n) is 0.615.